The molecule has 4 heteroatoms. The first-order chi connectivity index (χ1) is 6.68. The Morgan fingerprint density at radius 3 is 1.93 bits per heavy atom. The minimum Gasteiger partial charge on any atom is -0.391 e. The first-order valence-electron chi connectivity index (χ1n) is 5.46. The third-order valence-corrected chi connectivity index (χ3v) is 3.45. The summed E-state index contributed by atoms with van der Waals surface area (Å²) < 4.78 is 0. The fourth-order valence-corrected chi connectivity index (χ4v) is 2.59. The van der Waals surface area contributed by atoms with E-state index in [1.165, 1.54) is 0 Å². The zero-order chi connectivity index (χ0) is 10.1. The monoisotopic (exact) mass is 201 g/mol. The van der Waals surface area contributed by atoms with Crippen molar-refractivity contribution in [3.05, 3.63) is 0 Å². The Labute approximate surface area is 84.2 Å². The van der Waals surface area contributed by atoms with Crippen LogP contribution in [-0.4, -0.2) is 57.7 Å². The van der Waals surface area contributed by atoms with Crippen molar-refractivity contribution in [2.75, 3.05) is 13.1 Å². The number of rotatable bonds is 1. The molecule has 2 fully saturated rings. The van der Waals surface area contributed by atoms with Crippen LogP contribution in [0.25, 0.3) is 0 Å². The summed E-state index contributed by atoms with van der Waals surface area (Å²) in [5.41, 5.74) is 0. The molecule has 0 aromatic rings. The lowest BCUT2D eigenvalue weighted by atomic mass is 9.91. The first-order valence-corrected chi connectivity index (χ1v) is 5.46. The van der Waals surface area contributed by atoms with Gasteiger partial charge in [-0.25, -0.2) is 0 Å². The molecule has 2 aliphatic rings. The van der Waals surface area contributed by atoms with E-state index in [-0.39, 0.29) is 12.1 Å². The Kier molecular flexibility index (Phi) is 3.07. The second-order valence-corrected chi connectivity index (χ2v) is 4.51. The summed E-state index contributed by atoms with van der Waals surface area (Å²) in [4.78, 5) is 2.03. The number of likely N-dealkylation sites (tertiary alicyclic amines) is 1. The summed E-state index contributed by atoms with van der Waals surface area (Å²) in [5.74, 6) is 0. The molecule has 4 atom stereocenters. The Morgan fingerprint density at radius 1 is 0.786 bits per heavy atom. The van der Waals surface area contributed by atoms with Crippen molar-refractivity contribution in [3.8, 4) is 0 Å². The summed E-state index contributed by atoms with van der Waals surface area (Å²) in [6.07, 6.45) is 2.53. The number of aliphatic hydroxyl groups excluding tert-OH is 3. The van der Waals surface area contributed by atoms with Crippen LogP contribution in [0.15, 0.2) is 0 Å². The van der Waals surface area contributed by atoms with Gasteiger partial charge in [-0.15, -0.1) is 0 Å². The van der Waals surface area contributed by atoms with Crippen LogP contribution < -0.4 is 0 Å². The standard InChI is InChI=1S/C10H19NO3/c12-8-4-2-1-3-7(8)11-5-9(13)10(14)6-11/h7-10,12-14H,1-6H2/t7?,8?,9-,10+. The van der Waals surface area contributed by atoms with Gasteiger partial charge in [0.05, 0.1) is 18.3 Å². The van der Waals surface area contributed by atoms with E-state index >= 15 is 0 Å². The molecule has 1 aliphatic carbocycles. The molecule has 0 radical (unpaired) electrons. The molecule has 0 bridgehead atoms. The Balaban J connectivity index is 1.94. The highest BCUT2D eigenvalue weighted by Crippen LogP contribution is 2.26. The second kappa shape index (κ2) is 4.14. The summed E-state index contributed by atoms with van der Waals surface area (Å²) in [6, 6.07) is 0.149. The Bertz CT molecular complexity index is 190. The van der Waals surface area contributed by atoms with E-state index in [1.54, 1.807) is 0 Å². The van der Waals surface area contributed by atoms with Crippen molar-refractivity contribution in [2.24, 2.45) is 0 Å². The quantitative estimate of drug-likeness (QED) is 0.526. The molecular weight excluding hydrogens is 182 g/mol. The molecule has 0 aromatic heterocycles. The maximum atomic E-state index is 9.80. The van der Waals surface area contributed by atoms with Crippen molar-refractivity contribution in [1.82, 2.24) is 4.90 Å². The maximum absolute atomic E-state index is 9.80. The third kappa shape index (κ3) is 1.93. The van der Waals surface area contributed by atoms with Gasteiger partial charge in [-0.05, 0) is 12.8 Å². The van der Waals surface area contributed by atoms with Crippen LogP contribution in [0.1, 0.15) is 25.7 Å². The van der Waals surface area contributed by atoms with E-state index in [2.05, 4.69) is 0 Å². The largest absolute Gasteiger partial charge is 0.391 e. The lowest BCUT2D eigenvalue weighted by Gasteiger charge is -2.34. The lowest BCUT2D eigenvalue weighted by molar-refractivity contribution is 0.0246. The summed E-state index contributed by atoms with van der Waals surface area (Å²) >= 11 is 0. The molecule has 0 amide bonds. The first kappa shape index (κ1) is 10.4. The molecule has 2 rings (SSSR count). The average Bonchev–Trinajstić information content (AvgIpc) is 2.48. The fourth-order valence-electron chi connectivity index (χ4n) is 2.59. The highest BCUT2D eigenvalue weighted by atomic mass is 16.3. The van der Waals surface area contributed by atoms with Crippen LogP contribution in [0.2, 0.25) is 0 Å². The highest BCUT2D eigenvalue weighted by molar-refractivity contribution is 4.91. The molecule has 1 aliphatic heterocycles. The number of hydrogen-bond acceptors (Lipinski definition) is 4. The predicted octanol–water partition coefficient (Wildman–Crippen LogP) is -0.673. The van der Waals surface area contributed by atoms with Gasteiger partial charge < -0.3 is 15.3 Å². The second-order valence-electron chi connectivity index (χ2n) is 4.51. The zero-order valence-electron chi connectivity index (χ0n) is 8.34. The molecule has 3 N–H and O–H groups in total. The van der Waals surface area contributed by atoms with E-state index in [4.69, 9.17) is 0 Å². The lowest BCUT2D eigenvalue weighted by Crippen LogP contribution is -2.44. The average molecular weight is 201 g/mol. The molecular formula is C10H19NO3. The zero-order valence-corrected chi connectivity index (χ0v) is 8.34. The molecule has 0 spiro atoms. The molecule has 4 nitrogen and oxygen atoms in total. The van der Waals surface area contributed by atoms with Crippen LogP contribution in [0.4, 0.5) is 0 Å². The minimum atomic E-state index is -0.635. The normalized spacial score (nSPS) is 45.6. The number of nitrogens with zero attached hydrogens (tertiary/aromatic N) is 1. The van der Waals surface area contributed by atoms with E-state index in [0.717, 1.165) is 25.7 Å². The van der Waals surface area contributed by atoms with Gasteiger partial charge >= 0.3 is 0 Å². The van der Waals surface area contributed by atoms with Crippen molar-refractivity contribution in [3.63, 3.8) is 0 Å². The molecule has 1 saturated carbocycles. The maximum Gasteiger partial charge on any atom is 0.0938 e. The van der Waals surface area contributed by atoms with Gasteiger partial charge in [-0.1, -0.05) is 12.8 Å². The molecule has 2 unspecified atom stereocenters. The van der Waals surface area contributed by atoms with Gasteiger partial charge in [0.2, 0.25) is 0 Å². The van der Waals surface area contributed by atoms with Crippen LogP contribution in [0.3, 0.4) is 0 Å². The van der Waals surface area contributed by atoms with Crippen LogP contribution >= 0.6 is 0 Å². The van der Waals surface area contributed by atoms with E-state index < -0.39 is 12.2 Å². The van der Waals surface area contributed by atoms with Gasteiger partial charge in [0, 0.05) is 19.1 Å². The minimum absolute atomic E-state index is 0.149. The molecule has 82 valence electrons. The molecule has 1 heterocycles. The number of β-amino-alcohol motifs (C(OH)–C–C–N with tert-alkyl or cyclic N) is 2. The summed E-state index contributed by atoms with van der Waals surface area (Å²) in [6.45, 7) is 1.01. The van der Waals surface area contributed by atoms with E-state index in [1.807, 2.05) is 4.90 Å². The Morgan fingerprint density at radius 2 is 1.36 bits per heavy atom. The predicted molar refractivity (Wildman–Crippen MR) is 51.8 cm³/mol. The van der Waals surface area contributed by atoms with Crippen LogP contribution in [0.5, 0.6) is 0 Å². The van der Waals surface area contributed by atoms with Crippen molar-refractivity contribution in [1.29, 1.82) is 0 Å². The van der Waals surface area contributed by atoms with Crippen molar-refractivity contribution < 1.29 is 15.3 Å². The van der Waals surface area contributed by atoms with E-state index in [9.17, 15) is 15.3 Å². The van der Waals surface area contributed by atoms with Gasteiger partial charge in [-0.3, -0.25) is 4.90 Å². The van der Waals surface area contributed by atoms with Gasteiger partial charge in [0.25, 0.3) is 0 Å². The third-order valence-electron chi connectivity index (χ3n) is 3.45. The van der Waals surface area contributed by atoms with E-state index in [0.29, 0.717) is 13.1 Å². The Hall–Kier alpha value is -0.160. The highest BCUT2D eigenvalue weighted by Gasteiger charge is 2.37. The van der Waals surface area contributed by atoms with Gasteiger partial charge in [0.1, 0.15) is 0 Å². The topological polar surface area (TPSA) is 63.9 Å². The molecule has 0 aromatic carbocycles. The van der Waals surface area contributed by atoms with Crippen LogP contribution in [-0.2, 0) is 0 Å². The fraction of sp³-hybridized carbons (Fsp3) is 1.00. The smallest absolute Gasteiger partial charge is 0.0938 e. The number of aliphatic hydroxyl groups is 3. The van der Waals surface area contributed by atoms with Crippen molar-refractivity contribution in [2.45, 2.75) is 50.0 Å². The molecule has 14 heavy (non-hydrogen) atoms. The number of hydrogen-bond donors (Lipinski definition) is 3. The summed E-state index contributed by atoms with van der Waals surface area (Å²) in [5, 5.41) is 28.6. The molecule has 1 saturated heterocycles. The SMILES string of the molecule is OC1CCCCC1N1C[C@@H](O)[C@@H](O)C1. The van der Waals surface area contributed by atoms with Gasteiger partial charge in [0.15, 0.2) is 0 Å². The van der Waals surface area contributed by atoms with Gasteiger partial charge in [-0.2, -0.15) is 0 Å². The van der Waals surface area contributed by atoms with Crippen molar-refractivity contribution >= 4 is 0 Å². The summed E-state index contributed by atoms with van der Waals surface area (Å²) in [7, 11) is 0. The van der Waals surface area contributed by atoms with Crippen LogP contribution in [0, 0.1) is 0 Å².